The van der Waals surface area contributed by atoms with Crippen molar-refractivity contribution in [3.05, 3.63) is 29.6 Å². The lowest BCUT2D eigenvalue weighted by atomic mass is 10.2. The average Bonchev–Trinajstić information content (AvgIpc) is 2.51. The number of anilines is 3. The highest BCUT2D eigenvalue weighted by Gasteiger charge is 2.09. The molecule has 0 spiro atoms. The van der Waals surface area contributed by atoms with Crippen LogP contribution in [0.4, 0.5) is 17.3 Å². The van der Waals surface area contributed by atoms with E-state index < -0.39 is 0 Å². The molecule has 2 aromatic rings. The highest BCUT2D eigenvalue weighted by atomic mass is 16.5. The summed E-state index contributed by atoms with van der Waals surface area (Å²) in [7, 11) is 3.23. The smallest absolute Gasteiger partial charge is 0.139 e. The lowest BCUT2D eigenvalue weighted by molar-refractivity contribution is 0.395. The second kappa shape index (κ2) is 6.30. The first-order chi connectivity index (χ1) is 10.1. The van der Waals surface area contributed by atoms with E-state index in [9.17, 15) is 0 Å². The van der Waals surface area contributed by atoms with Gasteiger partial charge in [0, 0.05) is 35.9 Å². The third kappa shape index (κ3) is 3.34. The van der Waals surface area contributed by atoms with E-state index in [1.54, 1.807) is 14.2 Å². The molecular weight excluding hydrogens is 268 g/mol. The molecule has 0 radical (unpaired) electrons. The van der Waals surface area contributed by atoms with Crippen LogP contribution in [0.25, 0.3) is 0 Å². The topological polar surface area (TPSA) is 82.3 Å². The first-order valence-electron chi connectivity index (χ1n) is 6.70. The summed E-state index contributed by atoms with van der Waals surface area (Å²) in [5.41, 5.74) is 7.55. The van der Waals surface area contributed by atoms with Crippen molar-refractivity contribution in [2.75, 3.05) is 25.3 Å². The molecule has 0 atom stereocenters. The number of hydrogen-bond donors (Lipinski definition) is 2. The van der Waals surface area contributed by atoms with E-state index in [-0.39, 0.29) is 0 Å². The monoisotopic (exact) mass is 288 g/mol. The van der Waals surface area contributed by atoms with Crippen LogP contribution in [0, 0.1) is 6.92 Å². The van der Waals surface area contributed by atoms with Gasteiger partial charge in [-0.3, -0.25) is 0 Å². The second-order valence-corrected chi connectivity index (χ2v) is 4.58. The highest BCUT2D eigenvalue weighted by molar-refractivity contribution is 5.66. The van der Waals surface area contributed by atoms with Crippen molar-refractivity contribution in [2.24, 2.45) is 0 Å². The number of nitrogens with two attached hydrogens (primary N) is 1. The Bertz CT molecular complexity index is 622. The Morgan fingerprint density at radius 2 is 1.71 bits per heavy atom. The molecule has 0 fully saturated rings. The van der Waals surface area contributed by atoms with E-state index in [0.29, 0.717) is 29.0 Å². The SMILES string of the molecule is CCc1nc(N)c(C)c(Nc2cc(OC)cc(OC)c2)n1. The van der Waals surface area contributed by atoms with E-state index in [1.165, 1.54) is 0 Å². The molecule has 0 bridgehead atoms. The van der Waals surface area contributed by atoms with E-state index >= 15 is 0 Å². The van der Waals surface area contributed by atoms with Crippen molar-refractivity contribution in [1.82, 2.24) is 9.97 Å². The molecule has 2 rings (SSSR count). The number of hydrogen-bond acceptors (Lipinski definition) is 6. The van der Waals surface area contributed by atoms with Gasteiger partial charge in [-0.05, 0) is 6.92 Å². The van der Waals surface area contributed by atoms with E-state index in [0.717, 1.165) is 17.7 Å². The summed E-state index contributed by atoms with van der Waals surface area (Å²) >= 11 is 0. The number of nitrogens with zero attached hydrogens (tertiary/aromatic N) is 2. The average molecular weight is 288 g/mol. The zero-order chi connectivity index (χ0) is 15.4. The summed E-state index contributed by atoms with van der Waals surface area (Å²) in [6.07, 6.45) is 0.723. The van der Waals surface area contributed by atoms with Crippen LogP contribution in [0.15, 0.2) is 18.2 Å². The zero-order valence-corrected chi connectivity index (χ0v) is 12.7. The molecule has 3 N–H and O–H groups in total. The number of aromatic nitrogens is 2. The van der Waals surface area contributed by atoms with Crippen molar-refractivity contribution in [3.63, 3.8) is 0 Å². The van der Waals surface area contributed by atoms with Gasteiger partial charge in [-0.25, -0.2) is 9.97 Å². The van der Waals surface area contributed by atoms with Gasteiger partial charge in [-0.15, -0.1) is 0 Å². The van der Waals surface area contributed by atoms with Gasteiger partial charge in [-0.2, -0.15) is 0 Å². The van der Waals surface area contributed by atoms with Crippen LogP contribution in [0.3, 0.4) is 0 Å². The predicted molar refractivity (Wildman–Crippen MR) is 83.4 cm³/mol. The maximum Gasteiger partial charge on any atom is 0.139 e. The van der Waals surface area contributed by atoms with Gasteiger partial charge in [-0.1, -0.05) is 6.92 Å². The van der Waals surface area contributed by atoms with Crippen LogP contribution >= 0.6 is 0 Å². The normalized spacial score (nSPS) is 10.3. The predicted octanol–water partition coefficient (Wildman–Crippen LogP) is 2.69. The Balaban J connectivity index is 2.39. The fourth-order valence-corrected chi connectivity index (χ4v) is 1.88. The molecule has 0 aliphatic rings. The summed E-state index contributed by atoms with van der Waals surface area (Å²) < 4.78 is 10.5. The lowest BCUT2D eigenvalue weighted by Gasteiger charge is -2.13. The van der Waals surface area contributed by atoms with Crippen molar-refractivity contribution in [1.29, 1.82) is 0 Å². The van der Waals surface area contributed by atoms with Crippen molar-refractivity contribution < 1.29 is 9.47 Å². The van der Waals surface area contributed by atoms with Crippen molar-refractivity contribution in [3.8, 4) is 11.5 Å². The molecule has 0 aliphatic carbocycles. The van der Waals surface area contributed by atoms with Gasteiger partial charge < -0.3 is 20.5 Å². The number of nitrogens with one attached hydrogen (secondary N) is 1. The summed E-state index contributed by atoms with van der Waals surface area (Å²) in [6, 6.07) is 5.54. The molecule has 1 aromatic carbocycles. The second-order valence-electron chi connectivity index (χ2n) is 4.58. The third-order valence-corrected chi connectivity index (χ3v) is 3.16. The maximum atomic E-state index is 5.92. The Hall–Kier alpha value is -2.50. The fraction of sp³-hybridized carbons (Fsp3) is 0.333. The molecule has 6 nitrogen and oxygen atoms in total. The van der Waals surface area contributed by atoms with Crippen molar-refractivity contribution in [2.45, 2.75) is 20.3 Å². The van der Waals surface area contributed by atoms with E-state index in [4.69, 9.17) is 15.2 Å². The molecule has 0 aliphatic heterocycles. The van der Waals surface area contributed by atoms with Gasteiger partial charge in [0.15, 0.2) is 0 Å². The van der Waals surface area contributed by atoms with Gasteiger partial charge in [0.2, 0.25) is 0 Å². The molecule has 1 aromatic heterocycles. The third-order valence-electron chi connectivity index (χ3n) is 3.16. The largest absolute Gasteiger partial charge is 0.497 e. The molecule has 21 heavy (non-hydrogen) atoms. The Labute approximate surface area is 124 Å². The number of nitrogen functional groups attached to an aromatic ring is 1. The lowest BCUT2D eigenvalue weighted by Crippen LogP contribution is -2.06. The van der Waals surface area contributed by atoms with Crippen LogP contribution in [0.2, 0.25) is 0 Å². The molecule has 1 heterocycles. The molecule has 6 heteroatoms. The van der Waals surface area contributed by atoms with Gasteiger partial charge in [0.05, 0.1) is 14.2 Å². The molecule has 0 unspecified atom stereocenters. The summed E-state index contributed by atoms with van der Waals surface area (Å²) in [6.45, 7) is 3.87. The van der Waals surface area contributed by atoms with Crippen molar-refractivity contribution >= 4 is 17.3 Å². The van der Waals surface area contributed by atoms with Gasteiger partial charge in [0.25, 0.3) is 0 Å². The zero-order valence-electron chi connectivity index (χ0n) is 12.7. The maximum absolute atomic E-state index is 5.92. The number of methoxy groups -OCH3 is 2. The fourth-order valence-electron chi connectivity index (χ4n) is 1.88. The minimum Gasteiger partial charge on any atom is -0.497 e. The van der Waals surface area contributed by atoms with E-state index in [2.05, 4.69) is 15.3 Å². The van der Waals surface area contributed by atoms with Crippen LogP contribution in [-0.4, -0.2) is 24.2 Å². The Kier molecular flexibility index (Phi) is 4.47. The summed E-state index contributed by atoms with van der Waals surface area (Å²) in [5, 5.41) is 3.25. The first kappa shape index (κ1) is 14.9. The molecule has 0 saturated heterocycles. The highest BCUT2D eigenvalue weighted by Crippen LogP contribution is 2.29. The number of benzene rings is 1. The van der Waals surface area contributed by atoms with Crippen LogP contribution in [0.5, 0.6) is 11.5 Å². The van der Waals surface area contributed by atoms with E-state index in [1.807, 2.05) is 32.0 Å². The first-order valence-corrected chi connectivity index (χ1v) is 6.70. The van der Waals surface area contributed by atoms with Crippen LogP contribution < -0.4 is 20.5 Å². The minimum absolute atomic E-state index is 0.485. The van der Waals surface area contributed by atoms with Crippen LogP contribution in [0.1, 0.15) is 18.3 Å². The number of rotatable bonds is 5. The van der Waals surface area contributed by atoms with Gasteiger partial charge in [0.1, 0.15) is 29.0 Å². The number of aryl methyl sites for hydroxylation is 1. The number of ether oxygens (including phenoxy) is 2. The van der Waals surface area contributed by atoms with Gasteiger partial charge >= 0.3 is 0 Å². The summed E-state index contributed by atoms with van der Waals surface area (Å²) in [4.78, 5) is 8.71. The molecule has 112 valence electrons. The molecule has 0 amide bonds. The minimum atomic E-state index is 0.485. The Morgan fingerprint density at radius 3 is 2.24 bits per heavy atom. The van der Waals surface area contributed by atoms with Crippen LogP contribution in [-0.2, 0) is 6.42 Å². The molecular formula is C15H20N4O2. The Morgan fingerprint density at radius 1 is 1.10 bits per heavy atom. The molecule has 0 saturated carbocycles. The standard InChI is InChI=1S/C15H20N4O2/c1-5-13-18-14(16)9(2)15(19-13)17-10-6-11(20-3)8-12(7-10)21-4/h6-8H,5H2,1-4H3,(H3,16,17,18,19). The quantitative estimate of drug-likeness (QED) is 0.880. The summed E-state index contributed by atoms with van der Waals surface area (Å²) in [5.74, 6) is 3.28.